The van der Waals surface area contributed by atoms with Crippen LogP contribution >= 0.6 is 0 Å². The number of benzene rings is 2. The van der Waals surface area contributed by atoms with Gasteiger partial charge in [-0.2, -0.15) is 0 Å². The molecule has 1 atom stereocenters. The molecule has 27 heavy (non-hydrogen) atoms. The average molecular weight is 368 g/mol. The average Bonchev–Trinajstić information content (AvgIpc) is 2.67. The van der Waals surface area contributed by atoms with Crippen LogP contribution in [0.2, 0.25) is 0 Å². The van der Waals surface area contributed by atoms with Gasteiger partial charge in [0.1, 0.15) is 11.9 Å². The minimum atomic E-state index is -0.229. The fourth-order valence-electron chi connectivity index (χ4n) is 3.14. The van der Waals surface area contributed by atoms with Gasteiger partial charge in [0, 0.05) is 19.3 Å². The molecule has 3 rings (SSSR count). The quantitative estimate of drug-likeness (QED) is 0.754. The third-order valence-corrected chi connectivity index (χ3v) is 4.72. The largest absolute Gasteiger partial charge is 0.494 e. The number of amides is 1. The summed E-state index contributed by atoms with van der Waals surface area (Å²) in [5, 5.41) is 3.49. The lowest BCUT2D eigenvalue weighted by molar-refractivity contribution is 0.0609. The van der Waals surface area contributed by atoms with Crippen LogP contribution in [0.3, 0.4) is 0 Å². The molecule has 1 aliphatic heterocycles. The molecule has 2 aromatic rings. The van der Waals surface area contributed by atoms with Gasteiger partial charge in [-0.3, -0.25) is 4.79 Å². The van der Waals surface area contributed by atoms with Crippen molar-refractivity contribution in [3.63, 3.8) is 0 Å². The third-order valence-electron chi connectivity index (χ3n) is 4.72. The van der Waals surface area contributed by atoms with E-state index in [1.165, 1.54) is 0 Å². The number of carbonyl (C=O) groups is 1. The van der Waals surface area contributed by atoms with Crippen LogP contribution in [0.4, 0.5) is 5.69 Å². The van der Waals surface area contributed by atoms with Gasteiger partial charge < -0.3 is 19.7 Å². The smallest absolute Gasteiger partial charge is 0.257 e. The van der Waals surface area contributed by atoms with Gasteiger partial charge in [-0.05, 0) is 42.2 Å². The maximum absolute atomic E-state index is 13.0. The number of nitrogens with zero attached hydrogens (tertiary/aromatic N) is 1. The molecule has 0 aromatic heterocycles. The molecule has 2 aromatic carbocycles. The SMILES string of the molecule is COCCN1C(=O)c2ccccc2NC1c1ccc(OCCC(C)C)cc1. The zero-order chi connectivity index (χ0) is 19.2. The predicted molar refractivity (Wildman–Crippen MR) is 107 cm³/mol. The van der Waals surface area contributed by atoms with Gasteiger partial charge >= 0.3 is 0 Å². The molecule has 144 valence electrons. The number of anilines is 1. The third kappa shape index (κ3) is 4.61. The van der Waals surface area contributed by atoms with E-state index < -0.39 is 0 Å². The summed E-state index contributed by atoms with van der Waals surface area (Å²) < 4.78 is 11.0. The van der Waals surface area contributed by atoms with E-state index in [9.17, 15) is 4.79 Å². The second-order valence-electron chi connectivity index (χ2n) is 7.18. The Morgan fingerprint density at radius 3 is 2.52 bits per heavy atom. The highest BCUT2D eigenvalue weighted by molar-refractivity contribution is 6.01. The lowest BCUT2D eigenvalue weighted by Gasteiger charge is -2.38. The van der Waals surface area contributed by atoms with Crippen molar-refractivity contribution in [2.45, 2.75) is 26.4 Å². The zero-order valence-electron chi connectivity index (χ0n) is 16.3. The normalized spacial score (nSPS) is 16.2. The number of ether oxygens (including phenoxy) is 2. The molecule has 1 N–H and O–H groups in total. The Morgan fingerprint density at radius 2 is 1.81 bits per heavy atom. The van der Waals surface area contributed by atoms with Crippen LogP contribution < -0.4 is 10.1 Å². The Balaban J connectivity index is 1.79. The van der Waals surface area contributed by atoms with E-state index >= 15 is 0 Å². The first-order chi connectivity index (χ1) is 13.1. The molecule has 0 aliphatic carbocycles. The van der Waals surface area contributed by atoms with E-state index in [2.05, 4.69) is 19.2 Å². The monoisotopic (exact) mass is 368 g/mol. The van der Waals surface area contributed by atoms with E-state index in [0.717, 1.165) is 23.4 Å². The number of fused-ring (bicyclic) bond motifs is 1. The number of nitrogens with one attached hydrogen (secondary N) is 1. The molecule has 0 radical (unpaired) electrons. The number of carbonyl (C=O) groups excluding carboxylic acids is 1. The van der Waals surface area contributed by atoms with Crippen LogP contribution in [0, 0.1) is 5.92 Å². The van der Waals surface area contributed by atoms with Gasteiger partial charge in [-0.25, -0.2) is 0 Å². The van der Waals surface area contributed by atoms with E-state index in [4.69, 9.17) is 9.47 Å². The first-order valence-corrected chi connectivity index (χ1v) is 9.48. The van der Waals surface area contributed by atoms with Gasteiger partial charge in [0.25, 0.3) is 5.91 Å². The highest BCUT2D eigenvalue weighted by Gasteiger charge is 2.32. The molecule has 0 spiro atoms. The number of hydrogen-bond donors (Lipinski definition) is 1. The second kappa shape index (κ2) is 8.91. The van der Waals surface area contributed by atoms with Gasteiger partial charge in [0.2, 0.25) is 0 Å². The molecule has 0 fully saturated rings. The van der Waals surface area contributed by atoms with Crippen LogP contribution in [-0.4, -0.2) is 37.7 Å². The van der Waals surface area contributed by atoms with Crippen molar-refractivity contribution in [1.82, 2.24) is 4.90 Å². The lowest BCUT2D eigenvalue weighted by atomic mass is 10.0. The second-order valence-corrected chi connectivity index (χ2v) is 7.18. The first kappa shape index (κ1) is 19.2. The van der Waals surface area contributed by atoms with Crippen LogP contribution in [-0.2, 0) is 4.74 Å². The lowest BCUT2D eigenvalue weighted by Crippen LogP contribution is -2.44. The van der Waals surface area contributed by atoms with Crippen LogP contribution in [0.15, 0.2) is 48.5 Å². The minimum absolute atomic E-state index is 0.0173. The van der Waals surface area contributed by atoms with Gasteiger partial charge in [-0.15, -0.1) is 0 Å². The van der Waals surface area contributed by atoms with Crippen molar-refractivity contribution in [2.75, 3.05) is 32.2 Å². The van der Waals surface area contributed by atoms with Crippen molar-refractivity contribution < 1.29 is 14.3 Å². The van der Waals surface area contributed by atoms with Crippen molar-refractivity contribution >= 4 is 11.6 Å². The molecule has 0 bridgehead atoms. The Morgan fingerprint density at radius 1 is 1.07 bits per heavy atom. The molecule has 5 heteroatoms. The van der Waals surface area contributed by atoms with Gasteiger partial charge in [-0.1, -0.05) is 38.1 Å². The zero-order valence-corrected chi connectivity index (χ0v) is 16.3. The fraction of sp³-hybridized carbons (Fsp3) is 0.409. The highest BCUT2D eigenvalue weighted by atomic mass is 16.5. The maximum Gasteiger partial charge on any atom is 0.257 e. The molecule has 1 aliphatic rings. The summed E-state index contributed by atoms with van der Waals surface area (Å²) in [4.78, 5) is 14.8. The molecular weight excluding hydrogens is 340 g/mol. The van der Waals surface area contributed by atoms with E-state index in [1.807, 2.05) is 53.4 Å². The maximum atomic E-state index is 13.0. The summed E-state index contributed by atoms with van der Waals surface area (Å²) in [7, 11) is 1.65. The van der Waals surface area contributed by atoms with Crippen LogP contribution in [0.25, 0.3) is 0 Å². The molecule has 5 nitrogen and oxygen atoms in total. The van der Waals surface area contributed by atoms with Crippen molar-refractivity contribution in [1.29, 1.82) is 0 Å². The molecule has 1 unspecified atom stereocenters. The summed E-state index contributed by atoms with van der Waals surface area (Å²) in [5.74, 6) is 1.49. The first-order valence-electron chi connectivity index (χ1n) is 9.48. The standard InChI is InChI=1S/C22H28N2O3/c1-16(2)12-14-27-18-10-8-17(9-11-18)21-23-20-7-5-4-6-19(20)22(25)24(21)13-15-26-3/h4-11,16,21,23H,12-15H2,1-3H3. The Bertz CT molecular complexity index is 758. The summed E-state index contributed by atoms with van der Waals surface area (Å²) in [6, 6.07) is 15.6. The van der Waals surface area contributed by atoms with Crippen molar-refractivity contribution in [3.05, 3.63) is 59.7 Å². The van der Waals surface area contributed by atoms with E-state index in [0.29, 0.717) is 31.2 Å². The van der Waals surface area contributed by atoms with Crippen molar-refractivity contribution in [3.8, 4) is 5.75 Å². The number of hydrogen-bond acceptors (Lipinski definition) is 4. The Kier molecular flexibility index (Phi) is 6.35. The summed E-state index contributed by atoms with van der Waals surface area (Å²) in [6.07, 6.45) is 0.800. The van der Waals surface area contributed by atoms with E-state index in [-0.39, 0.29) is 12.1 Å². The van der Waals surface area contributed by atoms with Gasteiger partial charge in [0.05, 0.1) is 18.8 Å². The summed E-state index contributed by atoms with van der Waals surface area (Å²) in [6.45, 7) is 6.09. The van der Waals surface area contributed by atoms with Crippen molar-refractivity contribution in [2.24, 2.45) is 5.92 Å². The Labute approximate surface area is 161 Å². The molecule has 1 amide bonds. The molecular formula is C22H28N2O3. The molecule has 0 saturated heterocycles. The number of para-hydroxylation sites is 1. The molecule has 1 heterocycles. The minimum Gasteiger partial charge on any atom is -0.494 e. The summed E-state index contributed by atoms with van der Waals surface area (Å²) >= 11 is 0. The summed E-state index contributed by atoms with van der Waals surface area (Å²) in [5.41, 5.74) is 2.57. The van der Waals surface area contributed by atoms with Gasteiger partial charge in [0.15, 0.2) is 0 Å². The van der Waals surface area contributed by atoms with E-state index in [1.54, 1.807) is 7.11 Å². The predicted octanol–water partition coefficient (Wildman–Crippen LogP) is 4.32. The Hall–Kier alpha value is -2.53. The molecule has 0 saturated carbocycles. The highest BCUT2D eigenvalue weighted by Crippen LogP contribution is 2.33. The van der Waals surface area contributed by atoms with Crippen LogP contribution in [0.1, 0.15) is 42.4 Å². The number of methoxy groups -OCH3 is 1. The van der Waals surface area contributed by atoms with Crippen LogP contribution in [0.5, 0.6) is 5.75 Å². The fourth-order valence-corrected chi connectivity index (χ4v) is 3.14. The number of rotatable bonds is 8. The topological polar surface area (TPSA) is 50.8 Å².